The first-order valence-electron chi connectivity index (χ1n) is 8.87. The average molecular weight is 379 g/mol. The maximum Gasteiger partial charge on any atom is 0.276 e. The molecule has 0 fully saturated rings. The Balaban J connectivity index is 1.37. The van der Waals surface area contributed by atoms with Crippen LogP contribution < -0.4 is 15.6 Å². The smallest absolute Gasteiger partial charge is 0.276 e. The van der Waals surface area contributed by atoms with Gasteiger partial charge in [0, 0.05) is 18.4 Å². The standard InChI is InChI=1S/C21H21N3O4/c1-15-7-9-17(10-8-15)27-14-20(26)24-23-19(25)11-12-21-22-13-18(28-21)16-5-3-2-4-6-16/h2-10,13H,11-12,14H2,1H3,(H,23,25)(H,24,26). The van der Waals surface area contributed by atoms with E-state index in [2.05, 4.69) is 15.8 Å². The molecular formula is C21H21N3O4. The number of hydrogen-bond acceptors (Lipinski definition) is 5. The monoisotopic (exact) mass is 379 g/mol. The van der Waals surface area contributed by atoms with Gasteiger partial charge in [-0.1, -0.05) is 48.0 Å². The molecule has 1 heterocycles. The molecule has 2 N–H and O–H groups in total. The molecule has 0 radical (unpaired) electrons. The lowest BCUT2D eigenvalue weighted by molar-refractivity contribution is -0.130. The normalized spacial score (nSPS) is 10.3. The fourth-order valence-electron chi connectivity index (χ4n) is 2.40. The Morgan fingerprint density at radius 1 is 1.00 bits per heavy atom. The number of amides is 2. The molecule has 0 saturated carbocycles. The summed E-state index contributed by atoms with van der Waals surface area (Å²) in [5.41, 5.74) is 6.69. The Labute approximate surface area is 162 Å². The number of aromatic nitrogens is 1. The van der Waals surface area contributed by atoms with Gasteiger partial charge < -0.3 is 9.15 Å². The SMILES string of the molecule is Cc1ccc(OCC(=O)NNC(=O)CCc2ncc(-c3ccccc3)o2)cc1. The quantitative estimate of drug-likeness (QED) is 0.616. The summed E-state index contributed by atoms with van der Waals surface area (Å²) in [4.78, 5) is 27.8. The summed E-state index contributed by atoms with van der Waals surface area (Å²) >= 11 is 0. The lowest BCUT2D eigenvalue weighted by Crippen LogP contribution is -2.43. The summed E-state index contributed by atoms with van der Waals surface area (Å²) < 4.78 is 11.0. The second-order valence-electron chi connectivity index (χ2n) is 6.18. The Hall–Kier alpha value is -3.61. The summed E-state index contributed by atoms with van der Waals surface area (Å²) in [5, 5.41) is 0. The highest BCUT2D eigenvalue weighted by atomic mass is 16.5. The second-order valence-corrected chi connectivity index (χ2v) is 6.18. The topological polar surface area (TPSA) is 93.5 Å². The average Bonchev–Trinajstić information content (AvgIpc) is 3.20. The molecule has 0 aliphatic heterocycles. The minimum atomic E-state index is -0.448. The molecule has 0 aliphatic carbocycles. The van der Waals surface area contributed by atoms with Crippen LogP contribution in [0.1, 0.15) is 17.9 Å². The molecule has 0 unspecified atom stereocenters. The van der Waals surface area contributed by atoms with Crippen molar-refractivity contribution < 1.29 is 18.7 Å². The molecular weight excluding hydrogens is 358 g/mol. The highest BCUT2D eigenvalue weighted by Gasteiger charge is 2.10. The van der Waals surface area contributed by atoms with Crippen LogP contribution in [-0.2, 0) is 16.0 Å². The van der Waals surface area contributed by atoms with E-state index in [1.165, 1.54) is 0 Å². The van der Waals surface area contributed by atoms with E-state index in [1.54, 1.807) is 18.3 Å². The van der Waals surface area contributed by atoms with Crippen LogP contribution in [0.4, 0.5) is 0 Å². The first kappa shape index (κ1) is 19.2. The molecule has 0 aliphatic rings. The summed E-state index contributed by atoms with van der Waals surface area (Å²) in [6, 6.07) is 16.9. The van der Waals surface area contributed by atoms with E-state index in [-0.39, 0.29) is 18.9 Å². The summed E-state index contributed by atoms with van der Waals surface area (Å²) in [6.45, 7) is 1.77. The number of ether oxygens (including phenoxy) is 1. The minimum absolute atomic E-state index is 0.133. The third-order valence-corrected chi connectivity index (χ3v) is 3.91. The van der Waals surface area contributed by atoms with E-state index >= 15 is 0 Å². The molecule has 2 amide bonds. The van der Waals surface area contributed by atoms with Crippen molar-refractivity contribution >= 4 is 11.8 Å². The third kappa shape index (κ3) is 5.70. The zero-order chi connectivity index (χ0) is 19.8. The molecule has 3 aromatic rings. The largest absolute Gasteiger partial charge is 0.484 e. The molecule has 7 heteroatoms. The molecule has 0 spiro atoms. The van der Waals surface area contributed by atoms with Crippen molar-refractivity contribution in [1.29, 1.82) is 0 Å². The Morgan fingerprint density at radius 3 is 2.46 bits per heavy atom. The Morgan fingerprint density at radius 2 is 1.71 bits per heavy atom. The van der Waals surface area contributed by atoms with Crippen LogP contribution in [0.2, 0.25) is 0 Å². The van der Waals surface area contributed by atoms with Crippen molar-refractivity contribution in [2.75, 3.05) is 6.61 Å². The third-order valence-electron chi connectivity index (χ3n) is 3.91. The first-order valence-corrected chi connectivity index (χ1v) is 8.87. The van der Waals surface area contributed by atoms with Crippen LogP contribution >= 0.6 is 0 Å². The predicted octanol–water partition coefficient (Wildman–Crippen LogP) is 2.81. The fourth-order valence-corrected chi connectivity index (χ4v) is 2.40. The van der Waals surface area contributed by atoms with Crippen LogP contribution in [0, 0.1) is 6.92 Å². The van der Waals surface area contributed by atoms with Gasteiger partial charge in [-0.15, -0.1) is 0 Å². The summed E-state index contributed by atoms with van der Waals surface area (Å²) in [6.07, 6.45) is 2.09. The van der Waals surface area contributed by atoms with Crippen molar-refractivity contribution in [2.45, 2.75) is 19.8 Å². The van der Waals surface area contributed by atoms with Gasteiger partial charge in [-0.3, -0.25) is 20.4 Å². The summed E-state index contributed by atoms with van der Waals surface area (Å²) in [7, 11) is 0. The molecule has 1 aromatic heterocycles. The van der Waals surface area contributed by atoms with Gasteiger partial charge >= 0.3 is 0 Å². The molecule has 144 valence electrons. The predicted molar refractivity (Wildman–Crippen MR) is 103 cm³/mol. The molecule has 0 saturated heterocycles. The van der Waals surface area contributed by atoms with Crippen LogP contribution in [0.5, 0.6) is 5.75 Å². The van der Waals surface area contributed by atoms with E-state index in [1.807, 2.05) is 49.4 Å². The van der Waals surface area contributed by atoms with Crippen molar-refractivity contribution in [3.8, 4) is 17.1 Å². The number of nitrogens with one attached hydrogen (secondary N) is 2. The van der Waals surface area contributed by atoms with Crippen LogP contribution in [0.25, 0.3) is 11.3 Å². The Kier molecular flexibility index (Phi) is 6.41. The number of hydrogen-bond donors (Lipinski definition) is 2. The van der Waals surface area contributed by atoms with E-state index in [9.17, 15) is 9.59 Å². The number of carbonyl (C=O) groups is 2. The van der Waals surface area contributed by atoms with Gasteiger partial charge in [-0.05, 0) is 19.1 Å². The minimum Gasteiger partial charge on any atom is -0.484 e. The van der Waals surface area contributed by atoms with E-state index < -0.39 is 5.91 Å². The fraction of sp³-hybridized carbons (Fsp3) is 0.190. The lowest BCUT2D eigenvalue weighted by atomic mass is 10.2. The molecule has 3 rings (SSSR count). The molecule has 0 bridgehead atoms. The van der Waals surface area contributed by atoms with Crippen molar-refractivity contribution in [3.05, 3.63) is 72.2 Å². The number of hydrazine groups is 1. The number of rotatable bonds is 7. The van der Waals surface area contributed by atoms with Crippen molar-refractivity contribution in [2.24, 2.45) is 0 Å². The lowest BCUT2D eigenvalue weighted by Gasteiger charge is -2.08. The highest BCUT2D eigenvalue weighted by molar-refractivity contribution is 5.82. The number of carbonyl (C=O) groups excluding carboxylic acids is 2. The van der Waals surface area contributed by atoms with Crippen molar-refractivity contribution in [3.63, 3.8) is 0 Å². The number of nitrogens with zero attached hydrogens (tertiary/aromatic N) is 1. The van der Waals surface area contributed by atoms with Crippen LogP contribution in [0.3, 0.4) is 0 Å². The highest BCUT2D eigenvalue weighted by Crippen LogP contribution is 2.20. The van der Waals surface area contributed by atoms with Gasteiger partial charge in [0.2, 0.25) is 5.91 Å². The van der Waals surface area contributed by atoms with E-state index in [0.29, 0.717) is 23.8 Å². The zero-order valence-corrected chi connectivity index (χ0v) is 15.5. The molecule has 0 atom stereocenters. The van der Waals surface area contributed by atoms with Crippen molar-refractivity contribution in [1.82, 2.24) is 15.8 Å². The maximum atomic E-state index is 11.9. The molecule has 7 nitrogen and oxygen atoms in total. The van der Waals surface area contributed by atoms with E-state index in [0.717, 1.165) is 11.1 Å². The van der Waals surface area contributed by atoms with Gasteiger partial charge in [0.25, 0.3) is 5.91 Å². The Bertz CT molecular complexity index is 920. The number of aryl methyl sites for hydroxylation is 2. The van der Waals surface area contributed by atoms with Gasteiger partial charge in [-0.25, -0.2) is 4.98 Å². The maximum absolute atomic E-state index is 11.9. The van der Waals surface area contributed by atoms with Gasteiger partial charge in [0.1, 0.15) is 5.75 Å². The van der Waals surface area contributed by atoms with Gasteiger partial charge in [0.05, 0.1) is 6.20 Å². The van der Waals surface area contributed by atoms with Gasteiger partial charge in [0.15, 0.2) is 18.3 Å². The van der Waals surface area contributed by atoms with Crippen LogP contribution in [-0.4, -0.2) is 23.4 Å². The summed E-state index contributed by atoms with van der Waals surface area (Å²) in [5.74, 6) is 0.908. The number of oxazole rings is 1. The second kappa shape index (κ2) is 9.36. The van der Waals surface area contributed by atoms with E-state index in [4.69, 9.17) is 9.15 Å². The molecule has 2 aromatic carbocycles. The number of benzene rings is 2. The van der Waals surface area contributed by atoms with Gasteiger partial charge in [-0.2, -0.15) is 0 Å². The first-order chi connectivity index (χ1) is 13.6. The zero-order valence-electron chi connectivity index (χ0n) is 15.5. The molecule has 28 heavy (non-hydrogen) atoms. The van der Waals surface area contributed by atoms with Crippen LogP contribution in [0.15, 0.2) is 65.2 Å².